The van der Waals surface area contributed by atoms with Crippen molar-refractivity contribution in [3.63, 3.8) is 0 Å². The van der Waals surface area contributed by atoms with Crippen molar-refractivity contribution >= 4 is 17.4 Å². The number of nitrogens with zero attached hydrogens (tertiary/aromatic N) is 3. The molecule has 5 nitrogen and oxygen atoms in total. The molecule has 0 aromatic carbocycles. The number of hydrogen-bond acceptors (Lipinski definition) is 5. The van der Waals surface area contributed by atoms with Gasteiger partial charge in [0.1, 0.15) is 0 Å². The predicted octanol–water partition coefficient (Wildman–Crippen LogP) is 1.11. The molecule has 1 fully saturated rings. The molecule has 0 spiro atoms. The Morgan fingerprint density at radius 1 is 1.41 bits per heavy atom. The zero-order chi connectivity index (χ0) is 12.3. The van der Waals surface area contributed by atoms with E-state index in [1.165, 1.54) is 0 Å². The molecule has 1 saturated heterocycles. The molecular weight excluding hydrogens is 242 g/mol. The van der Waals surface area contributed by atoms with Crippen molar-refractivity contribution in [1.29, 1.82) is 0 Å². The van der Waals surface area contributed by atoms with E-state index in [9.17, 15) is 5.11 Å². The first-order valence-electron chi connectivity index (χ1n) is 5.60. The van der Waals surface area contributed by atoms with Crippen LogP contribution in [0, 0.1) is 0 Å². The third-order valence-corrected chi connectivity index (χ3v) is 3.17. The monoisotopic (exact) mass is 257 g/mol. The van der Waals surface area contributed by atoms with Crippen LogP contribution < -0.4 is 4.90 Å². The standard InChI is InChI=1S/C11H16ClN3O2/c1-15(10-3-2-9(12)13-14-10)8-11(16)4-6-17-7-5-11/h2-3,16H,4-8H2,1H3. The Bertz CT molecular complexity index is 365. The first-order valence-corrected chi connectivity index (χ1v) is 5.97. The smallest absolute Gasteiger partial charge is 0.151 e. The van der Waals surface area contributed by atoms with Gasteiger partial charge in [-0.05, 0) is 12.1 Å². The molecule has 1 aromatic rings. The van der Waals surface area contributed by atoms with Crippen LogP contribution in [0.1, 0.15) is 12.8 Å². The summed E-state index contributed by atoms with van der Waals surface area (Å²) in [4.78, 5) is 1.88. The molecule has 0 amide bonds. The van der Waals surface area contributed by atoms with E-state index in [1.54, 1.807) is 12.1 Å². The third-order valence-electron chi connectivity index (χ3n) is 2.96. The second-order valence-electron chi connectivity index (χ2n) is 4.41. The number of rotatable bonds is 3. The van der Waals surface area contributed by atoms with E-state index in [2.05, 4.69) is 10.2 Å². The summed E-state index contributed by atoms with van der Waals surface area (Å²) in [6.07, 6.45) is 1.30. The number of anilines is 1. The van der Waals surface area contributed by atoms with Crippen molar-refractivity contribution < 1.29 is 9.84 Å². The first-order chi connectivity index (χ1) is 8.09. The van der Waals surface area contributed by atoms with Crippen LogP contribution in [0.15, 0.2) is 12.1 Å². The molecule has 0 unspecified atom stereocenters. The molecule has 0 radical (unpaired) electrons. The number of hydrogen-bond donors (Lipinski definition) is 1. The molecule has 94 valence electrons. The number of ether oxygens (including phenoxy) is 1. The Labute approximate surface area is 105 Å². The molecule has 0 atom stereocenters. The van der Waals surface area contributed by atoms with Crippen LogP contribution in [-0.2, 0) is 4.74 Å². The van der Waals surface area contributed by atoms with Gasteiger partial charge in [-0.25, -0.2) is 0 Å². The summed E-state index contributed by atoms with van der Waals surface area (Å²) in [5.74, 6) is 0.703. The highest BCUT2D eigenvalue weighted by Gasteiger charge is 2.31. The maximum atomic E-state index is 10.4. The summed E-state index contributed by atoms with van der Waals surface area (Å²) >= 11 is 5.68. The Morgan fingerprint density at radius 3 is 2.71 bits per heavy atom. The van der Waals surface area contributed by atoms with Crippen LogP contribution in [0.5, 0.6) is 0 Å². The Hall–Kier alpha value is -0.910. The minimum atomic E-state index is -0.700. The third kappa shape index (κ3) is 3.28. The van der Waals surface area contributed by atoms with Crippen LogP contribution in [-0.4, -0.2) is 47.7 Å². The van der Waals surface area contributed by atoms with E-state index in [4.69, 9.17) is 16.3 Å². The van der Waals surface area contributed by atoms with Gasteiger partial charge in [0, 0.05) is 39.6 Å². The number of halogens is 1. The predicted molar refractivity (Wildman–Crippen MR) is 65.3 cm³/mol. The zero-order valence-corrected chi connectivity index (χ0v) is 10.5. The van der Waals surface area contributed by atoms with Gasteiger partial charge in [0.25, 0.3) is 0 Å². The minimum Gasteiger partial charge on any atom is -0.388 e. The molecule has 0 bridgehead atoms. The van der Waals surface area contributed by atoms with E-state index in [0.717, 1.165) is 0 Å². The van der Waals surface area contributed by atoms with Gasteiger partial charge in [-0.1, -0.05) is 11.6 Å². The fourth-order valence-corrected chi connectivity index (χ4v) is 2.05. The van der Waals surface area contributed by atoms with Crippen molar-refractivity contribution in [2.75, 3.05) is 31.7 Å². The topological polar surface area (TPSA) is 58.5 Å². The molecule has 1 aliphatic rings. The van der Waals surface area contributed by atoms with Gasteiger partial charge in [0.05, 0.1) is 5.60 Å². The van der Waals surface area contributed by atoms with Gasteiger partial charge in [-0.2, -0.15) is 0 Å². The number of aliphatic hydroxyl groups is 1. The molecular formula is C11H16ClN3O2. The second kappa shape index (κ2) is 5.16. The lowest BCUT2D eigenvalue weighted by Crippen LogP contribution is -2.46. The maximum Gasteiger partial charge on any atom is 0.151 e. The van der Waals surface area contributed by atoms with E-state index >= 15 is 0 Å². The Balaban J connectivity index is 2.00. The molecule has 0 aliphatic carbocycles. The van der Waals surface area contributed by atoms with E-state index < -0.39 is 5.60 Å². The summed E-state index contributed by atoms with van der Waals surface area (Å²) in [5, 5.41) is 18.5. The molecule has 2 rings (SSSR count). The largest absolute Gasteiger partial charge is 0.388 e. The van der Waals surface area contributed by atoms with Gasteiger partial charge in [0.2, 0.25) is 0 Å². The van der Waals surface area contributed by atoms with E-state index in [-0.39, 0.29) is 0 Å². The van der Waals surface area contributed by atoms with Crippen molar-refractivity contribution in [3.8, 4) is 0 Å². The summed E-state index contributed by atoms with van der Waals surface area (Å²) in [7, 11) is 1.88. The highest BCUT2D eigenvalue weighted by Crippen LogP contribution is 2.23. The van der Waals surface area contributed by atoms with Gasteiger partial charge in [-0.15, -0.1) is 10.2 Å². The van der Waals surface area contributed by atoms with Crippen LogP contribution in [0.2, 0.25) is 5.15 Å². The number of aromatic nitrogens is 2. The molecule has 6 heteroatoms. The fraction of sp³-hybridized carbons (Fsp3) is 0.636. The first kappa shape index (κ1) is 12.5. The van der Waals surface area contributed by atoms with Crippen LogP contribution in [0.25, 0.3) is 0 Å². The fourth-order valence-electron chi connectivity index (χ4n) is 1.94. The Morgan fingerprint density at radius 2 is 2.12 bits per heavy atom. The van der Waals surface area contributed by atoms with Gasteiger partial charge < -0.3 is 14.7 Å². The minimum absolute atomic E-state index is 0.368. The summed E-state index contributed by atoms with van der Waals surface area (Å²) in [5.41, 5.74) is -0.700. The van der Waals surface area contributed by atoms with Crippen LogP contribution in [0.4, 0.5) is 5.82 Å². The molecule has 17 heavy (non-hydrogen) atoms. The molecule has 0 saturated carbocycles. The van der Waals surface area contributed by atoms with Crippen molar-refractivity contribution in [2.45, 2.75) is 18.4 Å². The van der Waals surface area contributed by atoms with Gasteiger partial charge in [0.15, 0.2) is 11.0 Å². The van der Waals surface area contributed by atoms with E-state index in [1.807, 2.05) is 11.9 Å². The van der Waals surface area contributed by atoms with Crippen molar-refractivity contribution in [1.82, 2.24) is 10.2 Å². The SMILES string of the molecule is CN(CC1(O)CCOCC1)c1ccc(Cl)nn1. The lowest BCUT2D eigenvalue weighted by molar-refractivity contribution is -0.0573. The van der Waals surface area contributed by atoms with Crippen molar-refractivity contribution in [3.05, 3.63) is 17.3 Å². The zero-order valence-electron chi connectivity index (χ0n) is 9.77. The van der Waals surface area contributed by atoms with E-state index in [0.29, 0.717) is 43.6 Å². The lowest BCUT2D eigenvalue weighted by atomic mass is 9.94. The summed E-state index contributed by atoms with van der Waals surface area (Å²) in [6, 6.07) is 3.48. The molecule has 1 aromatic heterocycles. The molecule has 1 aliphatic heterocycles. The average molecular weight is 258 g/mol. The number of likely N-dealkylation sites (N-methyl/N-ethyl adjacent to an activating group) is 1. The van der Waals surface area contributed by atoms with Gasteiger partial charge >= 0.3 is 0 Å². The molecule has 2 heterocycles. The maximum absolute atomic E-state index is 10.4. The normalized spacial score (nSPS) is 19.0. The van der Waals surface area contributed by atoms with Gasteiger partial charge in [-0.3, -0.25) is 0 Å². The van der Waals surface area contributed by atoms with Crippen LogP contribution in [0.3, 0.4) is 0 Å². The summed E-state index contributed by atoms with van der Waals surface area (Å²) < 4.78 is 5.24. The van der Waals surface area contributed by atoms with Crippen molar-refractivity contribution in [2.24, 2.45) is 0 Å². The molecule has 1 N–H and O–H groups in total. The highest BCUT2D eigenvalue weighted by molar-refractivity contribution is 6.29. The second-order valence-corrected chi connectivity index (χ2v) is 4.79. The summed E-state index contributed by atoms with van der Waals surface area (Å²) in [6.45, 7) is 1.74. The average Bonchev–Trinajstić information content (AvgIpc) is 2.30. The van der Waals surface area contributed by atoms with Crippen LogP contribution >= 0.6 is 11.6 Å². The highest BCUT2D eigenvalue weighted by atomic mass is 35.5. The quantitative estimate of drug-likeness (QED) is 0.879. The lowest BCUT2D eigenvalue weighted by Gasteiger charge is -2.35. The Kier molecular flexibility index (Phi) is 3.81.